The van der Waals surface area contributed by atoms with E-state index in [1.165, 1.54) is 19.3 Å². The van der Waals surface area contributed by atoms with Crippen LogP contribution in [0.1, 0.15) is 31.1 Å². The SMILES string of the molecule is NC(c1ccc(Br)o1)C1CCC1. The van der Waals surface area contributed by atoms with Crippen molar-refractivity contribution in [3.63, 3.8) is 0 Å². The molecule has 0 radical (unpaired) electrons. The topological polar surface area (TPSA) is 39.2 Å². The van der Waals surface area contributed by atoms with Crippen molar-refractivity contribution in [2.45, 2.75) is 25.3 Å². The van der Waals surface area contributed by atoms with Gasteiger partial charge in [-0.1, -0.05) is 6.42 Å². The Hall–Kier alpha value is -0.280. The molecule has 0 spiro atoms. The van der Waals surface area contributed by atoms with Crippen molar-refractivity contribution in [3.05, 3.63) is 22.6 Å². The van der Waals surface area contributed by atoms with Gasteiger partial charge in [0.1, 0.15) is 5.76 Å². The Kier molecular flexibility index (Phi) is 2.24. The van der Waals surface area contributed by atoms with Crippen molar-refractivity contribution < 1.29 is 4.42 Å². The summed E-state index contributed by atoms with van der Waals surface area (Å²) in [6, 6.07) is 3.95. The summed E-state index contributed by atoms with van der Waals surface area (Å²) in [5.41, 5.74) is 6.00. The van der Waals surface area contributed by atoms with Gasteiger partial charge in [0.25, 0.3) is 0 Å². The van der Waals surface area contributed by atoms with Gasteiger partial charge in [0.2, 0.25) is 0 Å². The van der Waals surface area contributed by atoms with Gasteiger partial charge in [-0.3, -0.25) is 0 Å². The summed E-state index contributed by atoms with van der Waals surface area (Å²) < 4.78 is 6.16. The first kappa shape index (κ1) is 8.32. The number of hydrogen-bond donors (Lipinski definition) is 1. The standard InChI is InChI=1S/C9H12BrNO/c10-8-5-4-7(12-8)9(11)6-2-1-3-6/h4-6,9H,1-3,11H2. The summed E-state index contributed by atoms with van der Waals surface area (Å²) in [6.07, 6.45) is 3.82. The molecule has 1 aromatic heterocycles. The highest BCUT2D eigenvalue weighted by Gasteiger charge is 2.27. The number of furan rings is 1. The van der Waals surface area contributed by atoms with Crippen LogP contribution in [0.2, 0.25) is 0 Å². The van der Waals surface area contributed by atoms with E-state index in [-0.39, 0.29) is 6.04 Å². The second kappa shape index (κ2) is 3.23. The summed E-state index contributed by atoms with van der Waals surface area (Å²) in [6.45, 7) is 0. The van der Waals surface area contributed by atoms with Gasteiger partial charge in [-0.05, 0) is 46.8 Å². The third kappa shape index (κ3) is 1.43. The van der Waals surface area contributed by atoms with E-state index >= 15 is 0 Å². The van der Waals surface area contributed by atoms with Crippen molar-refractivity contribution in [3.8, 4) is 0 Å². The van der Waals surface area contributed by atoms with Gasteiger partial charge in [-0.2, -0.15) is 0 Å². The molecule has 1 heterocycles. The molecule has 1 saturated carbocycles. The zero-order chi connectivity index (χ0) is 8.55. The Bertz CT molecular complexity index is 267. The van der Waals surface area contributed by atoms with Gasteiger partial charge in [0, 0.05) is 0 Å². The third-order valence-corrected chi connectivity index (χ3v) is 3.01. The van der Waals surface area contributed by atoms with Crippen LogP contribution in [0.15, 0.2) is 21.2 Å². The van der Waals surface area contributed by atoms with E-state index in [0.717, 1.165) is 10.4 Å². The lowest BCUT2D eigenvalue weighted by molar-refractivity contribution is 0.239. The van der Waals surface area contributed by atoms with Crippen molar-refractivity contribution in [1.29, 1.82) is 0 Å². The maximum absolute atomic E-state index is 6.00. The van der Waals surface area contributed by atoms with Crippen molar-refractivity contribution >= 4 is 15.9 Å². The molecule has 2 nitrogen and oxygen atoms in total. The summed E-state index contributed by atoms with van der Waals surface area (Å²) in [7, 11) is 0. The van der Waals surface area contributed by atoms with Crippen LogP contribution in [-0.2, 0) is 0 Å². The summed E-state index contributed by atoms with van der Waals surface area (Å²) >= 11 is 3.27. The highest BCUT2D eigenvalue weighted by Crippen LogP contribution is 2.36. The van der Waals surface area contributed by atoms with Gasteiger partial charge in [-0.25, -0.2) is 0 Å². The first-order valence-corrected chi connectivity index (χ1v) is 5.07. The second-order valence-electron chi connectivity index (χ2n) is 3.36. The molecule has 1 atom stereocenters. The third-order valence-electron chi connectivity index (χ3n) is 2.58. The fourth-order valence-corrected chi connectivity index (χ4v) is 1.86. The minimum absolute atomic E-state index is 0.102. The van der Waals surface area contributed by atoms with E-state index in [0.29, 0.717) is 5.92 Å². The van der Waals surface area contributed by atoms with Gasteiger partial charge in [0.15, 0.2) is 4.67 Å². The normalized spacial score (nSPS) is 20.5. The molecule has 1 aliphatic rings. The highest BCUT2D eigenvalue weighted by molar-refractivity contribution is 9.10. The minimum atomic E-state index is 0.102. The molecule has 12 heavy (non-hydrogen) atoms. The average molecular weight is 230 g/mol. The smallest absolute Gasteiger partial charge is 0.169 e. The lowest BCUT2D eigenvalue weighted by Crippen LogP contribution is -2.26. The maximum atomic E-state index is 6.00. The van der Waals surface area contributed by atoms with E-state index in [1.54, 1.807) is 0 Å². The quantitative estimate of drug-likeness (QED) is 0.848. The molecule has 1 aliphatic carbocycles. The Balaban J connectivity index is 2.08. The van der Waals surface area contributed by atoms with Crippen molar-refractivity contribution in [1.82, 2.24) is 0 Å². The van der Waals surface area contributed by atoms with Gasteiger partial charge >= 0.3 is 0 Å². The molecule has 0 bridgehead atoms. The van der Waals surface area contributed by atoms with E-state index in [9.17, 15) is 0 Å². The molecular formula is C9H12BrNO. The van der Waals surface area contributed by atoms with Gasteiger partial charge in [-0.15, -0.1) is 0 Å². The van der Waals surface area contributed by atoms with Crippen molar-refractivity contribution in [2.24, 2.45) is 11.7 Å². The fraction of sp³-hybridized carbons (Fsp3) is 0.556. The molecule has 2 rings (SSSR count). The second-order valence-corrected chi connectivity index (χ2v) is 4.14. The molecule has 0 aliphatic heterocycles. The molecule has 0 amide bonds. The Morgan fingerprint density at radius 2 is 2.25 bits per heavy atom. The summed E-state index contributed by atoms with van der Waals surface area (Å²) in [5.74, 6) is 1.55. The van der Waals surface area contributed by atoms with E-state index < -0.39 is 0 Å². The van der Waals surface area contributed by atoms with Crippen LogP contribution >= 0.6 is 15.9 Å². The van der Waals surface area contributed by atoms with Crippen LogP contribution in [0.5, 0.6) is 0 Å². The first-order chi connectivity index (χ1) is 5.77. The zero-order valence-electron chi connectivity index (χ0n) is 6.79. The Morgan fingerprint density at radius 1 is 1.50 bits per heavy atom. The molecule has 1 unspecified atom stereocenters. The molecule has 3 heteroatoms. The van der Waals surface area contributed by atoms with Crippen LogP contribution in [-0.4, -0.2) is 0 Å². The first-order valence-electron chi connectivity index (χ1n) is 4.28. The van der Waals surface area contributed by atoms with Crippen LogP contribution in [0.25, 0.3) is 0 Å². The maximum Gasteiger partial charge on any atom is 0.169 e. The molecule has 0 aromatic carbocycles. The molecule has 1 aromatic rings. The number of nitrogens with two attached hydrogens (primary N) is 1. The lowest BCUT2D eigenvalue weighted by atomic mass is 9.79. The Morgan fingerprint density at radius 3 is 2.67 bits per heavy atom. The Labute approximate surface area is 80.3 Å². The lowest BCUT2D eigenvalue weighted by Gasteiger charge is -2.29. The minimum Gasteiger partial charge on any atom is -0.453 e. The van der Waals surface area contributed by atoms with Crippen molar-refractivity contribution in [2.75, 3.05) is 0 Å². The van der Waals surface area contributed by atoms with Crippen LogP contribution < -0.4 is 5.73 Å². The number of halogens is 1. The predicted molar refractivity (Wildman–Crippen MR) is 50.7 cm³/mol. The average Bonchev–Trinajstić information content (AvgIpc) is 2.31. The zero-order valence-corrected chi connectivity index (χ0v) is 8.38. The van der Waals surface area contributed by atoms with Gasteiger partial charge < -0.3 is 10.2 Å². The number of hydrogen-bond acceptors (Lipinski definition) is 2. The molecule has 2 N–H and O–H groups in total. The van der Waals surface area contributed by atoms with E-state index in [1.807, 2.05) is 12.1 Å². The fourth-order valence-electron chi connectivity index (χ4n) is 1.54. The summed E-state index contributed by atoms with van der Waals surface area (Å²) in [5, 5.41) is 0. The van der Waals surface area contributed by atoms with Gasteiger partial charge in [0.05, 0.1) is 6.04 Å². The predicted octanol–water partition coefficient (Wildman–Crippen LogP) is 2.84. The van der Waals surface area contributed by atoms with Crippen LogP contribution in [0, 0.1) is 5.92 Å². The molecule has 0 saturated heterocycles. The largest absolute Gasteiger partial charge is 0.453 e. The summed E-state index contributed by atoms with van der Waals surface area (Å²) in [4.78, 5) is 0. The molecular weight excluding hydrogens is 218 g/mol. The number of rotatable bonds is 2. The molecule has 66 valence electrons. The van der Waals surface area contributed by atoms with Crippen LogP contribution in [0.3, 0.4) is 0 Å². The van der Waals surface area contributed by atoms with Crippen LogP contribution in [0.4, 0.5) is 0 Å². The van der Waals surface area contributed by atoms with E-state index in [2.05, 4.69) is 15.9 Å². The molecule has 1 fully saturated rings. The van der Waals surface area contributed by atoms with E-state index in [4.69, 9.17) is 10.2 Å². The highest BCUT2D eigenvalue weighted by atomic mass is 79.9. The monoisotopic (exact) mass is 229 g/mol.